The maximum atomic E-state index is 12.4. The quantitative estimate of drug-likeness (QED) is 0.821. The first-order valence-electron chi connectivity index (χ1n) is 7.86. The molecule has 1 aromatic heterocycles. The lowest BCUT2D eigenvalue weighted by Gasteiger charge is -2.22. The van der Waals surface area contributed by atoms with Crippen molar-refractivity contribution < 1.29 is 4.79 Å². The fourth-order valence-corrected chi connectivity index (χ4v) is 3.13. The lowest BCUT2D eigenvalue weighted by Crippen LogP contribution is -2.35. The summed E-state index contributed by atoms with van der Waals surface area (Å²) in [5, 5.41) is 7.58. The Bertz CT molecular complexity index is 723. The average molecular weight is 385 g/mol. The van der Waals surface area contributed by atoms with Crippen molar-refractivity contribution in [3.8, 4) is 5.69 Å². The van der Waals surface area contributed by atoms with Crippen molar-refractivity contribution in [2.24, 2.45) is 11.1 Å². The van der Waals surface area contributed by atoms with Crippen LogP contribution in [0.4, 0.5) is 5.69 Å². The molecule has 25 heavy (non-hydrogen) atoms. The zero-order valence-electron chi connectivity index (χ0n) is 14.0. The summed E-state index contributed by atoms with van der Waals surface area (Å²) in [5.41, 5.74) is 7.25. The van der Waals surface area contributed by atoms with E-state index in [4.69, 9.17) is 17.3 Å². The molecule has 0 saturated carbocycles. The molecule has 0 spiro atoms. The van der Waals surface area contributed by atoms with Gasteiger partial charge in [-0.05, 0) is 43.1 Å². The average Bonchev–Trinajstić information content (AvgIpc) is 3.18. The zero-order chi connectivity index (χ0) is 17.2. The number of anilines is 1. The summed E-state index contributed by atoms with van der Waals surface area (Å²) in [6, 6.07) is 5.26. The van der Waals surface area contributed by atoms with Gasteiger partial charge in [-0.2, -0.15) is 5.10 Å². The summed E-state index contributed by atoms with van der Waals surface area (Å²) in [6.45, 7) is 4.84. The van der Waals surface area contributed by atoms with E-state index >= 15 is 0 Å². The Labute approximate surface area is 157 Å². The summed E-state index contributed by atoms with van der Waals surface area (Å²) in [6.07, 6.45) is 4.03. The highest BCUT2D eigenvalue weighted by molar-refractivity contribution is 6.31. The monoisotopic (exact) mass is 384 g/mol. The molecule has 3 N–H and O–H groups in total. The van der Waals surface area contributed by atoms with Gasteiger partial charge in [-0.15, -0.1) is 12.4 Å². The molecule has 1 atom stereocenters. The Morgan fingerprint density at radius 2 is 2.28 bits per heavy atom. The van der Waals surface area contributed by atoms with Crippen LogP contribution < -0.4 is 11.1 Å². The largest absolute Gasteiger partial charge is 0.330 e. The van der Waals surface area contributed by atoms with Crippen LogP contribution in [0.2, 0.25) is 5.02 Å². The van der Waals surface area contributed by atoms with Gasteiger partial charge in [-0.25, -0.2) is 9.67 Å². The SMILES string of the molecule is CC1(CN)CCN(CC(=O)Nc2cc(Cl)ccc2-n2cncn2)C1.Cl. The molecule has 0 radical (unpaired) electrons. The fourth-order valence-electron chi connectivity index (χ4n) is 2.96. The topological polar surface area (TPSA) is 89.1 Å². The number of likely N-dealkylation sites (tertiary alicyclic amines) is 1. The molecule has 9 heteroatoms. The molecule has 1 amide bonds. The third-order valence-electron chi connectivity index (χ3n) is 4.40. The van der Waals surface area contributed by atoms with Crippen LogP contribution in [-0.4, -0.2) is 51.8 Å². The van der Waals surface area contributed by atoms with Gasteiger partial charge in [0, 0.05) is 11.6 Å². The number of carbonyl (C=O) groups excluding carboxylic acids is 1. The Morgan fingerprint density at radius 3 is 2.92 bits per heavy atom. The van der Waals surface area contributed by atoms with E-state index in [-0.39, 0.29) is 23.7 Å². The third kappa shape index (κ3) is 4.70. The number of nitrogens with two attached hydrogens (primary N) is 1. The first-order valence-corrected chi connectivity index (χ1v) is 8.24. The minimum atomic E-state index is -0.0834. The summed E-state index contributed by atoms with van der Waals surface area (Å²) in [5.74, 6) is -0.0834. The number of nitrogens with one attached hydrogen (secondary N) is 1. The molecule has 0 bridgehead atoms. The predicted octanol–water partition coefficient (Wildman–Crippen LogP) is 1.95. The van der Waals surface area contributed by atoms with Crippen LogP contribution in [0.25, 0.3) is 5.69 Å². The summed E-state index contributed by atoms with van der Waals surface area (Å²) < 4.78 is 1.59. The standard InChI is InChI=1S/C16H21ClN6O.ClH/c1-16(8-18)4-5-22(9-16)7-15(24)21-13-6-12(17)2-3-14(13)23-11-19-10-20-23;/h2-3,6,10-11H,4-5,7-9,18H2,1H3,(H,21,24);1H. The molecule has 1 unspecified atom stereocenters. The van der Waals surface area contributed by atoms with Crippen LogP contribution in [0.1, 0.15) is 13.3 Å². The van der Waals surface area contributed by atoms with Crippen LogP contribution in [0, 0.1) is 5.41 Å². The fraction of sp³-hybridized carbons (Fsp3) is 0.438. The lowest BCUT2D eigenvalue weighted by molar-refractivity contribution is -0.117. The Kier molecular flexibility index (Phi) is 6.40. The van der Waals surface area contributed by atoms with E-state index in [9.17, 15) is 4.79 Å². The van der Waals surface area contributed by atoms with Crippen LogP contribution >= 0.6 is 24.0 Å². The molecular weight excluding hydrogens is 363 g/mol. The van der Waals surface area contributed by atoms with Gasteiger partial charge >= 0.3 is 0 Å². The van der Waals surface area contributed by atoms with E-state index < -0.39 is 0 Å². The van der Waals surface area contributed by atoms with Crippen LogP contribution in [0.5, 0.6) is 0 Å². The second-order valence-electron chi connectivity index (χ2n) is 6.53. The minimum Gasteiger partial charge on any atom is -0.330 e. The molecule has 1 aliphatic rings. The molecule has 1 aliphatic heterocycles. The molecule has 136 valence electrons. The Morgan fingerprint density at radius 1 is 1.48 bits per heavy atom. The summed E-state index contributed by atoms with van der Waals surface area (Å²) in [4.78, 5) is 18.5. The molecule has 1 fully saturated rings. The van der Waals surface area contributed by atoms with Crippen LogP contribution in [-0.2, 0) is 4.79 Å². The first kappa shape index (κ1) is 19.7. The van der Waals surface area contributed by atoms with Gasteiger partial charge in [0.1, 0.15) is 12.7 Å². The van der Waals surface area contributed by atoms with Gasteiger partial charge in [0.05, 0.1) is 17.9 Å². The molecule has 1 saturated heterocycles. The number of benzene rings is 1. The molecule has 3 rings (SSSR count). The van der Waals surface area contributed by atoms with Crippen molar-refractivity contribution >= 4 is 35.6 Å². The normalized spacial score (nSPS) is 20.3. The van der Waals surface area contributed by atoms with Gasteiger partial charge in [0.15, 0.2) is 0 Å². The van der Waals surface area contributed by atoms with E-state index in [2.05, 4.69) is 27.2 Å². The number of nitrogens with zero attached hydrogens (tertiary/aromatic N) is 4. The number of halogens is 2. The van der Waals surface area contributed by atoms with Crippen LogP contribution in [0.3, 0.4) is 0 Å². The lowest BCUT2D eigenvalue weighted by atomic mass is 9.90. The highest BCUT2D eigenvalue weighted by Gasteiger charge is 2.33. The van der Waals surface area contributed by atoms with Gasteiger partial charge in [-0.1, -0.05) is 18.5 Å². The van der Waals surface area contributed by atoms with E-state index in [1.54, 1.807) is 29.2 Å². The maximum Gasteiger partial charge on any atom is 0.238 e. The second kappa shape index (κ2) is 8.14. The van der Waals surface area contributed by atoms with E-state index in [1.807, 2.05) is 0 Å². The van der Waals surface area contributed by atoms with Crippen molar-refractivity contribution in [1.29, 1.82) is 0 Å². The van der Waals surface area contributed by atoms with Gasteiger partial charge in [-0.3, -0.25) is 9.69 Å². The molecule has 1 aromatic carbocycles. The smallest absolute Gasteiger partial charge is 0.238 e. The molecule has 2 aromatic rings. The molecule has 2 heterocycles. The van der Waals surface area contributed by atoms with Crippen molar-refractivity contribution in [3.63, 3.8) is 0 Å². The zero-order valence-corrected chi connectivity index (χ0v) is 15.6. The number of aromatic nitrogens is 3. The molecule has 7 nitrogen and oxygen atoms in total. The number of amides is 1. The number of carbonyl (C=O) groups is 1. The third-order valence-corrected chi connectivity index (χ3v) is 4.63. The number of hydrogen-bond donors (Lipinski definition) is 2. The molecular formula is C16H22Cl2N6O. The summed E-state index contributed by atoms with van der Waals surface area (Å²) in [7, 11) is 0. The second-order valence-corrected chi connectivity index (χ2v) is 6.96. The van der Waals surface area contributed by atoms with Crippen molar-refractivity contribution in [2.45, 2.75) is 13.3 Å². The van der Waals surface area contributed by atoms with E-state index in [1.165, 1.54) is 6.33 Å². The molecule has 0 aliphatic carbocycles. The van der Waals surface area contributed by atoms with E-state index in [0.29, 0.717) is 23.8 Å². The van der Waals surface area contributed by atoms with Crippen molar-refractivity contribution in [3.05, 3.63) is 35.9 Å². The Hall–Kier alpha value is -1.67. The van der Waals surface area contributed by atoms with Gasteiger partial charge in [0.25, 0.3) is 0 Å². The number of hydrogen-bond acceptors (Lipinski definition) is 5. The first-order chi connectivity index (χ1) is 11.5. The Balaban J connectivity index is 0.00000225. The predicted molar refractivity (Wildman–Crippen MR) is 100 cm³/mol. The van der Waals surface area contributed by atoms with Gasteiger partial charge in [0.2, 0.25) is 5.91 Å². The van der Waals surface area contributed by atoms with E-state index in [0.717, 1.165) is 25.2 Å². The highest BCUT2D eigenvalue weighted by atomic mass is 35.5. The maximum absolute atomic E-state index is 12.4. The van der Waals surface area contributed by atoms with Crippen molar-refractivity contribution in [2.75, 3.05) is 31.5 Å². The van der Waals surface area contributed by atoms with Crippen LogP contribution in [0.15, 0.2) is 30.9 Å². The summed E-state index contributed by atoms with van der Waals surface area (Å²) >= 11 is 6.07. The minimum absolute atomic E-state index is 0. The van der Waals surface area contributed by atoms with Crippen molar-refractivity contribution in [1.82, 2.24) is 19.7 Å². The van der Waals surface area contributed by atoms with Gasteiger partial charge < -0.3 is 11.1 Å². The number of rotatable bonds is 5. The highest BCUT2D eigenvalue weighted by Crippen LogP contribution is 2.28.